The van der Waals surface area contributed by atoms with E-state index >= 15 is 0 Å². The molecule has 0 saturated heterocycles. The monoisotopic (exact) mass is 266 g/mol. The smallest absolute Gasteiger partial charge is 0.256 e. The van der Waals surface area contributed by atoms with Gasteiger partial charge in [0, 0.05) is 17.7 Å². The second-order valence-corrected chi connectivity index (χ2v) is 4.61. The van der Waals surface area contributed by atoms with Crippen LogP contribution in [0.1, 0.15) is 6.42 Å². The molecule has 0 aliphatic rings. The van der Waals surface area contributed by atoms with Crippen molar-refractivity contribution in [1.82, 2.24) is 4.98 Å². The van der Waals surface area contributed by atoms with Gasteiger partial charge in [-0.05, 0) is 24.3 Å². The standard InChI is InChI=1S/C12H11FN2O2S/c13-9-3-1-8(2-4-9)10-7-15-12(17-10)18-6-5-11(14)16/h1-4,7H,5-6H2,(H2,14,16). The Balaban J connectivity index is 2.01. The Morgan fingerprint density at radius 2 is 2.11 bits per heavy atom. The minimum absolute atomic E-state index is 0.277. The molecule has 2 rings (SSSR count). The Bertz CT molecular complexity index is 539. The molecule has 0 aliphatic heterocycles. The molecule has 94 valence electrons. The van der Waals surface area contributed by atoms with Crippen LogP contribution in [-0.2, 0) is 4.79 Å². The maximum absolute atomic E-state index is 12.8. The molecular weight excluding hydrogens is 255 g/mol. The molecule has 1 amide bonds. The summed E-state index contributed by atoms with van der Waals surface area (Å²) in [7, 11) is 0. The highest BCUT2D eigenvalue weighted by Gasteiger charge is 2.07. The Morgan fingerprint density at radius 3 is 2.78 bits per heavy atom. The fourth-order valence-corrected chi connectivity index (χ4v) is 2.07. The number of nitrogens with zero attached hydrogens (tertiary/aromatic N) is 1. The second-order valence-electron chi connectivity index (χ2n) is 3.56. The number of amides is 1. The van der Waals surface area contributed by atoms with Crippen LogP contribution in [0.3, 0.4) is 0 Å². The molecule has 0 aliphatic carbocycles. The van der Waals surface area contributed by atoms with Gasteiger partial charge in [-0.3, -0.25) is 4.79 Å². The normalized spacial score (nSPS) is 10.5. The third-order valence-electron chi connectivity index (χ3n) is 2.19. The Morgan fingerprint density at radius 1 is 1.39 bits per heavy atom. The van der Waals surface area contributed by atoms with Crippen molar-refractivity contribution in [2.45, 2.75) is 11.6 Å². The van der Waals surface area contributed by atoms with Crippen LogP contribution in [-0.4, -0.2) is 16.6 Å². The summed E-state index contributed by atoms with van der Waals surface area (Å²) in [5.41, 5.74) is 5.78. The summed E-state index contributed by atoms with van der Waals surface area (Å²) in [6, 6.07) is 5.96. The van der Waals surface area contributed by atoms with Gasteiger partial charge in [-0.1, -0.05) is 11.8 Å². The molecule has 0 atom stereocenters. The van der Waals surface area contributed by atoms with E-state index in [0.29, 0.717) is 16.7 Å². The van der Waals surface area contributed by atoms with Crippen molar-refractivity contribution in [1.29, 1.82) is 0 Å². The number of nitrogens with two attached hydrogens (primary N) is 1. The fraction of sp³-hybridized carbons (Fsp3) is 0.167. The molecule has 0 unspecified atom stereocenters. The number of oxazole rings is 1. The molecule has 0 spiro atoms. The third kappa shape index (κ3) is 3.33. The summed E-state index contributed by atoms with van der Waals surface area (Å²) in [5.74, 6) is 0.442. The molecule has 4 nitrogen and oxygen atoms in total. The van der Waals surface area contributed by atoms with Crippen molar-refractivity contribution in [2.75, 3.05) is 5.75 Å². The van der Waals surface area contributed by atoms with Gasteiger partial charge in [0.25, 0.3) is 5.22 Å². The van der Waals surface area contributed by atoms with E-state index in [-0.39, 0.29) is 18.1 Å². The first-order valence-corrected chi connectivity index (χ1v) is 6.26. The van der Waals surface area contributed by atoms with Gasteiger partial charge >= 0.3 is 0 Å². The van der Waals surface area contributed by atoms with Crippen molar-refractivity contribution < 1.29 is 13.6 Å². The lowest BCUT2D eigenvalue weighted by Crippen LogP contribution is -2.10. The maximum atomic E-state index is 12.8. The zero-order valence-corrected chi connectivity index (χ0v) is 10.2. The summed E-state index contributed by atoms with van der Waals surface area (Å²) in [5, 5.41) is 0.468. The molecular formula is C12H11FN2O2S. The molecule has 1 heterocycles. The van der Waals surface area contributed by atoms with Crippen LogP contribution >= 0.6 is 11.8 Å². The first-order valence-electron chi connectivity index (χ1n) is 5.28. The maximum Gasteiger partial charge on any atom is 0.256 e. The number of thioether (sulfide) groups is 1. The number of carbonyl (C=O) groups is 1. The summed E-state index contributed by atoms with van der Waals surface area (Å²) in [4.78, 5) is 14.6. The van der Waals surface area contributed by atoms with Crippen LogP contribution in [0.25, 0.3) is 11.3 Å². The molecule has 2 aromatic rings. The van der Waals surface area contributed by atoms with E-state index in [1.165, 1.54) is 23.9 Å². The first-order chi connectivity index (χ1) is 8.65. The first kappa shape index (κ1) is 12.6. The highest BCUT2D eigenvalue weighted by Crippen LogP contribution is 2.25. The van der Waals surface area contributed by atoms with Crippen LogP contribution in [0.2, 0.25) is 0 Å². The lowest BCUT2D eigenvalue weighted by atomic mass is 10.2. The quantitative estimate of drug-likeness (QED) is 0.844. The molecule has 0 radical (unpaired) electrons. The summed E-state index contributed by atoms with van der Waals surface area (Å²) >= 11 is 1.31. The highest BCUT2D eigenvalue weighted by molar-refractivity contribution is 7.99. The number of hydrogen-bond donors (Lipinski definition) is 1. The van der Waals surface area contributed by atoms with Gasteiger partial charge in [0.1, 0.15) is 5.82 Å². The minimum atomic E-state index is -0.354. The number of benzene rings is 1. The summed E-state index contributed by atoms with van der Waals surface area (Å²) < 4.78 is 18.2. The van der Waals surface area contributed by atoms with E-state index in [0.717, 1.165) is 5.56 Å². The van der Waals surface area contributed by atoms with Gasteiger partial charge < -0.3 is 10.2 Å². The van der Waals surface area contributed by atoms with Crippen LogP contribution in [0.5, 0.6) is 0 Å². The molecule has 0 saturated carbocycles. The number of primary amides is 1. The summed E-state index contributed by atoms with van der Waals surface area (Å²) in [6.45, 7) is 0. The number of carbonyl (C=O) groups excluding carboxylic acids is 1. The largest absolute Gasteiger partial charge is 0.431 e. The predicted octanol–water partition coefficient (Wildman–Crippen LogP) is 2.45. The average molecular weight is 266 g/mol. The van der Waals surface area contributed by atoms with E-state index in [1.54, 1.807) is 18.3 Å². The Hall–Kier alpha value is -1.82. The van der Waals surface area contributed by atoms with E-state index in [2.05, 4.69) is 4.98 Å². The summed E-state index contributed by atoms with van der Waals surface area (Å²) in [6.07, 6.45) is 1.85. The topological polar surface area (TPSA) is 69.1 Å². The highest BCUT2D eigenvalue weighted by atomic mass is 32.2. The zero-order chi connectivity index (χ0) is 13.0. The molecule has 2 N–H and O–H groups in total. The van der Waals surface area contributed by atoms with Crippen molar-refractivity contribution >= 4 is 17.7 Å². The van der Waals surface area contributed by atoms with E-state index in [4.69, 9.17) is 10.2 Å². The van der Waals surface area contributed by atoms with E-state index < -0.39 is 0 Å². The average Bonchev–Trinajstić information content (AvgIpc) is 2.78. The SMILES string of the molecule is NC(=O)CCSc1ncc(-c2ccc(F)cc2)o1. The van der Waals surface area contributed by atoms with Crippen LogP contribution in [0.15, 0.2) is 40.1 Å². The number of aromatic nitrogens is 1. The van der Waals surface area contributed by atoms with Gasteiger partial charge in [-0.25, -0.2) is 9.37 Å². The van der Waals surface area contributed by atoms with Crippen LogP contribution in [0.4, 0.5) is 4.39 Å². The molecule has 0 fully saturated rings. The molecule has 18 heavy (non-hydrogen) atoms. The Labute approximate surface area is 107 Å². The zero-order valence-electron chi connectivity index (χ0n) is 9.43. The van der Waals surface area contributed by atoms with Crippen LogP contribution in [0, 0.1) is 5.82 Å². The van der Waals surface area contributed by atoms with E-state index in [9.17, 15) is 9.18 Å². The lowest BCUT2D eigenvalue weighted by Gasteiger charge is -1.96. The second kappa shape index (κ2) is 5.68. The van der Waals surface area contributed by atoms with E-state index in [1.807, 2.05) is 0 Å². The van der Waals surface area contributed by atoms with Crippen molar-refractivity contribution in [2.24, 2.45) is 5.73 Å². The van der Waals surface area contributed by atoms with Gasteiger partial charge in [-0.15, -0.1) is 0 Å². The van der Waals surface area contributed by atoms with Crippen LogP contribution < -0.4 is 5.73 Å². The van der Waals surface area contributed by atoms with Crippen molar-refractivity contribution in [3.05, 3.63) is 36.3 Å². The predicted molar refractivity (Wildman–Crippen MR) is 66.4 cm³/mol. The van der Waals surface area contributed by atoms with Crippen molar-refractivity contribution in [3.63, 3.8) is 0 Å². The number of halogens is 1. The van der Waals surface area contributed by atoms with Crippen molar-refractivity contribution in [3.8, 4) is 11.3 Å². The van der Waals surface area contributed by atoms with Gasteiger partial charge in [-0.2, -0.15) is 0 Å². The molecule has 0 bridgehead atoms. The molecule has 1 aromatic carbocycles. The molecule has 6 heteroatoms. The minimum Gasteiger partial charge on any atom is -0.431 e. The fourth-order valence-electron chi connectivity index (χ4n) is 1.31. The Kier molecular flexibility index (Phi) is 3.99. The molecule has 1 aromatic heterocycles. The van der Waals surface area contributed by atoms with Gasteiger partial charge in [0.2, 0.25) is 5.91 Å². The third-order valence-corrected chi connectivity index (χ3v) is 3.03. The number of hydrogen-bond acceptors (Lipinski definition) is 4. The van der Waals surface area contributed by atoms with Gasteiger partial charge in [0.15, 0.2) is 5.76 Å². The van der Waals surface area contributed by atoms with Gasteiger partial charge in [0.05, 0.1) is 6.20 Å². The number of rotatable bonds is 5. The lowest BCUT2D eigenvalue weighted by molar-refractivity contribution is -0.117.